The summed E-state index contributed by atoms with van der Waals surface area (Å²) in [4.78, 5) is 0. The van der Waals surface area contributed by atoms with Crippen molar-refractivity contribution in [2.24, 2.45) is 0 Å². The largest absolute Gasteiger partial charge is 4.00 e. The zero-order valence-corrected chi connectivity index (χ0v) is 19.4. The molecule has 4 aromatic carbocycles. The monoisotopic (exact) mass is 470 g/mol. The molecule has 0 amide bonds. The summed E-state index contributed by atoms with van der Waals surface area (Å²) >= 11 is 0. The number of hydrogen-bond donors (Lipinski definition) is 0. The normalized spacial score (nSPS) is 11.3. The fourth-order valence-corrected chi connectivity index (χ4v) is 3.83. The maximum Gasteiger partial charge on any atom is 4.00 e. The molecule has 0 heterocycles. The van der Waals surface area contributed by atoms with Gasteiger partial charge in [-0.2, -0.15) is 24.3 Å². The van der Waals surface area contributed by atoms with Crippen LogP contribution in [-0.4, -0.2) is 0 Å². The Morgan fingerprint density at radius 2 is 1.56 bits per heavy atom. The summed E-state index contributed by atoms with van der Waals surface area (Å²) in [6.45, 7) is 2.19. The van der Waals surface area contributed by atoms with E-state index in [0.29, 0.717) is 0 Å². The van der Waals surface area contributed by atoms with Crippen LogP contribution in [-0.2, 0) is 39.0 Å². The van der Waals surface area contributed by atoms with Crippen LogP contribution < -0.4 is 24.8 Å². The van der Waals surface area contributed by atoms with Crippen LogP contribution in [0.1, 0.15) is 23.1 Å². The molecule has 1 aliphatic rings. The van der Waals surface area contributed by atoms with E-state index in [1.165, 1.54) is 46.7 Å². The van der Waals surface area contributed by atoms with Crippen molar-refractivity contribution in [3.05, 3.63) is 95.6 Å². The van der Waals surface area contributed by atoms with Crippen LogP contribution >= 0.6 is 0 Å². The summed E-state index contributed by atoms with van der Waals surface area (Å²) in [5.41, 5.74) is 7.38. The van der Waals surface area contributed by atoms with E-state index in [1.54, 1.807) is 11.1 Å². The van der Waals surface area contributed by atoms with Crippen LogP contribution in [0.3, 0.4) is 0 Å². The Balaban J connectivity index is 0.000000402. The molecular weight excluding hydrogens is 450 g/mol. The number of halogens is 2. The smallest absolute Gasteiger partial charge is 1.00 e. The number of rotatable bonds is 1. The van der Waals surface area contributed by atoms with Crippen molar-refractivity contribution in [3.8, 4) is 11.1 Å². The minimum Gasteiger partial charge on any atom is -1.00 e. The Morgan fingerprint density at radius 3 is 2.19 bits per heavy atom. The first-order valence-electron chi connectivity index (χ1n) is 8.77. The van der Waals surface area contributed by atoms with Crippen molar-refractivity contribution in [3.63, 3.8) is 0 Å². The summed E-state index contributed by atoms with van der Waals surface area (Å²) < 4.78 is 0. The van der Waals surface area contributed by atoms with Crippen LogP contribution in [0.2, 0.25) is 0 Å². The van der Waals surface area contributed by atoms with Gasteiger partial charge in [-0.3, -0.25) is 0 Å². The molecule has 1 aliphatic carbocycles. The first-order chi connectivity index (χ1) is 11.8. The van der Waals surface area contributed by atoms with Crippen LogP contribution in [0.5, 0.6) is 0 Å². The van der Waals surface area contributed by atoms with Crippen molar-refractivity contribution >= 4 is 10.8 Å². The molecule has 0 saturated carbocycles. The van der Waals surface area contributed by atoms with Gasteiger partial charge >= 0.3 is 26.2 Å². The maximum atomic E-state index is 2.41. The van der Waals surface area contributed by atoms with Crippen LogP contribution in [0.25, 0.3) is 21.9 Å². The molecule has 3 heteroatoms. The van der Waals surface area contributed by atoms with E-state index in [9.17, 15) is 0 Å². The van der Waals surface area contributed by atoms with Gasteiger partial charge in [0.1, 0.15) is 0 Å². The van der Waals surface area contributed by atoms with Gasteiger partial charge in [-0.15, -0.1) is 28.5 Å². The number of aryl methyl sites for hydroxylation is 2. The van der Waals surface area contributed by atoms with Crippen LogP contribution in [0, 0.1) is 6.92 Å². The van der Waals surface area contributed by atoms with E-state index in [0.717, 1.165) is 0 Å². The fourth-order valence-electron chi connectivity index (χ4n) is 3.83. The van der Waals surface area contributed by atoms with Gasteiger partial charge in [0.15, 0.2) is 0 Å². The van der Waals surface area contributed by atoms with Gasteiger partial charge in [0.2, 0.25) is 0 Å². The topological polar surface area (TPSA) is 0 Å². The Hall–Kier alpha value is -1.14. The van der Waals surface area contributed by atoms with Gasteiger partial charge in [0.25, 0.3) is 0 Å². The first kappa shape index (κ1) is 23.9. The minimum absolute atomic E-state index is 0. The molecule has 0 nitrogen and oxygen atoms in total. The molecule has 5 rings (SSSR count). The van der Waals surface area contributed by atoms with E-state index < -0.39 is 0 Å². The number of benzene rings is 2. The zero-order valence-electron chi connectivity index (χ0n) is 15.4. The fraction of sp³-hybridized carbons (Fsp3) is 0.167. The molecule has 0 aliphatic heterocycles. The number of fused-ring (bicyclic) bond motifs is 2. The second-order valence-electron chi connectivity index (χ2n) is 6.61. The average molecular weight is 473 g/mol. The van der Waals surface area contributed by atoms with Crippen LogP contribution in [0.4, 0.5) is 0 Å². The van der Waals surface area contributed by atoms with Crippen molar-refractivity contribution < 1.29 is 51.0 Å². The Bertz CT molecular complexity index is 920. The van der Waals surface area contributed by atoms with E-state index >= 15 is 0 Å². The maximum absolute atomic E-state index is 2.41. The zero-order chi connectivity index (χ0) is 16.4. The first-order valence-corrected chi connectivity index (χ1v) is 8.77. The van der Waals surface area contributed by atoms with E-state index in [-0.39, 0.29) is 51.0 Å². The molecule has 0 bridgehead atoms. The molecule has 0 saturated heterocycles. The molecule has 27 heavy (non-hydrogen) atoms. The van der Waals surface area contributed by atoms with Crippen LogP contribution in [0.15, 0.2) is 78.9 Å². The Labute approximate surface area is 193 Å². The third-order valence-corrected chi connectivity index (χ3v) is 4.85. The molecule has 4 aromatic rings. The summed E-state index contributed by atoms with van der Waals surface area (Å²) in [5, 5.41) is 2.85. The summed E-state index contributed by atoms with van der Waals surface area (Å²) in [5.74, 6) is 0. The Morgan fingerprint density at radius 1 is 0.852 bits per heavy atom. The van der Waals surface area contributed by atoms with E-state index in [1.807, 2.05) is 30.3 Å². The minimum atomic E-state index is 0. The van der Waals surface area contributed by atoms with Crippen molar-refractivity contribution in [2.75, 3.05) is 0 Å². The summed E-state index contributed by atoms with van der Waals surface area (Å²) in [6, 6.07) is 28.0. The SMILES string of the molecule is Cc1cc2c(-c3ccccc3)c3c(cc2[cH-]1)CCC3.[Cl-].[Cl-].[Zr+4].c1cc[cH-]c1. The van der Waals surface area contributed by atoms with Gasteiger partial charge in [-0.25, -0.2) is 12.1 Å². The molecular formula is C24H22Cl2Zr. The quantitative estimate of drug-likeness (QED) is 0.353. The van der Waals surface area contributed by atoms with Gasteiger partial charge < -0.3 is 24.8 Å². The van der Waals surface area contributed by atoms with E-state index in [4.69, 9.17) is 0 Å². The third-order valence-electron chi connectivity index (χ3n) is 4.85. The van der Waals surface area contributed by atoms with E-state index in [2.05, 4.69) is 55.5 Å². The predicted octanol–water partition coefficient (Wildman–Crippen LogP) is 0.434. The van der Waals surface area contributed by atoms with Gasteiger partial charge in [0, 0.05) is 0 Å². The molecule has 0 unspecified atom stereocenters. The molecule has 0 radical (unpaired) electrons. The molecule has 0 atom stereocenters. The van der Waals surface area contributed by atoms with Gasteiger partial charge in [-0.1, -0.05) is 53.9 Å². The Kier molecular flexibility index (Phi) is 9.74. The molecule has 0 N–H and O–H groups in total. The van der Waals surface area contributed by atoms with Crippen molar-refractivity contribution in [1.82, 2.24) is 0 Å². The van der Waals surface area contributed by atoms with Crippen molar-refractivity contribution in [1.29, 1.82) is 0 Å². The van der Waals surface area contributed by atoms with Gasteiger partial charge in [0.05, 0.1) is 0 Å². The number of hydrogen-bond acceptors (Lipinski definition) is 0. The third kappa shape index (κ3) is 5.23. The van der Waals surface area contributed by atoms with Gasteiger partial charge in [-0.05, 0) is 24.8 Å². The average Bonchev–Trinajstić information content (AvgIpc) is 3.35. The van der Waals surface area contributed by atoms with Crippen molar-refractivity contribution in [2.45, 2.75) is 26.2 Å². The molecule has 136 valence electrons. The molecule has 0 fully saturated rings. The molecule has 0 spiro atoms. The standard InChI is InChI=1S/C19H17.C5H5.2ClH.Zr/c1-13-10-16-12-15-8-5-9-17(15)19(18(16)11-13)14-6-3-2-4-7-14;1-2-4-5-3-1;;;/h2-4,6-7,10-12H,5,8-9H2,1H3;1-5H;2*1H;/q2*-1;;;+4/p-2. The predicted molar refractivity (Wildman–Crippen MR) is 104 cm³/mol. The molecule has 0 aromatic heterocycles. The summed E-state index contributed by atoms with van der Waals surface area (Å²) in [6.07, 6.45) is 3.79. The summed E-state index contributed by atoms with van der Waals surface area (Å²) in [7, 11) is 0. The second kappa shape index (κ2) is 11.0. The second-order valence-corrected chi connectivity index (χ2v) is 6.61.